The first-order chi connectivity index (χ1) is 7.96. The molecule has 2 rings (SSSR count). The molecule has 17 heavy (non-hydrogen) atoms. The maximum atomic E-state index is 12.0. The normalized spacial score (nSPS) is 33.9. The number of hydrogen-bond acceptors (Lipinski definition) is 4. The molecule has 2 saturated heterocycles. The number of ether oxygens (including phenoxy) is 2. The molecule has 0 unspecified atom stereocenters. The van der Waals surface area contributed by atoms with Gasteiger partial charge >= 0.3 is 5.97 Å². The molecule has 0 aromatic heterocycles. The molecular formula is C13H23NO3. The monoisotopic (exact) mass is 241 g/mol. The highest BCUT2D eigenvalue weighted by Gasteiger charge is 2.37. The molecule has 0 radical (unpaired) electrons. The zero-order chi connectivity index (χ0) is 12.5. The van der Waals surface area contributed by atoms with Crippen molar-refractivity contribution in [3.05, 3.63) is 0 Å². The molecule has 1 N–H and O–H groups in total. The van der Waals surface area contributed by atoms with Crippen molar-refractivity contribution in [2.45, 2.75) is 45.3 Å². The fraction of sp³-hybridized carbons (Fsp3) is 0.923. The van der Waals surface area contributed by atoms with E-state index in [0.29, 0.717) is 12.0 Å². The Labute approximate surface area is 103 Å². The van der Waals surface area contributed by atoms with Gasteiger partial charge in [-0.3, -0.25) is 4.79 Å². The summed E-state index contributed by atoms with van der Waals surface area (Å²) in [5, 5.41) is 3.46. The average molecular weight is 241 g/mol. The van der Waals surface area contributed by atoms with Gasteiger partial charge in [-0.25, -0.2) is 0 Å². The Morgan fingerprint density at radius 2 is 2.18 bits per heavy atom. The van der Waals surface area contributed by atoms with Crippen LogP contribution in [-0.2, 0) is 14.3 Å². The van der Waals surface area contributed by atoms with Crippen LogP contribution in [0, 0.1) is 11.8 Å². The van der Waals surface area contributed by atoms with E-state index >= 15 is 0 Å². The summed E-state index contributed by atoms with van der Waals surface area (Å²) in [4.78, 5) is 12.0. The Balaban J connectivity index is 1.89. The highest BCUT2D eigenvalue weighted by Crippen LogP contribution is 2.28. The van der Waals surface area contributed by atoms with Gasteiger partial charge in [-0.05, 0) is 39.5 Å². The lowest BCUT2D eigenvalue weighted by molar-refractivity contribution is -0.162. The molecule has 0 aromatic carbocycles. The molecule has 0 saturated carbocycles. The van der Waals surface area contributed by atoms with E-state index in [1.54, 1.807) is 0 Å². The predicted octanol–water partition coefficient (Wildman–Crippen LogP) is 1.34. The summed E-state index contributed by atoms with van der Waals surface area (Å²) in [5.74, 6) is 0.376. The standard InChI is InChI=1S/C13H23NO3/c1-13(2,3)17-12(15)9-6-10-8-16-5-4-11(10)14-7-9/h9-11,14H,4-8H2,1-3H3/t9-,10-,11-/m0/s1. The molecule has 0 spiro atoms. The predicted molar refractivity (Wildman–Crippen MR) is 64.7 cm³/mol. The average Bonchev–Trinajstić information content (AvgIpc) is 2.26. The number of esters is 1. The van der Waals surface area contributed by atoms with E-state index in [2.05, 4.69) is 5.32 Å². The van der Waals surface area contributed by atoms with Crippen molar-refractivity contribution >= 4 is 5.97 Å². The number of hydrogen-bond donors (Lipinski definition) is 1. The van der Waals surface area contributed by atoms with Crippen LogP contribution in [0.1, 0.15) is 33.6 Å². The highest BCUT2D eigenvalue weighted by molar-refractivity contribution is 5.73. The molecule has 2 heterocycles. The lowest BCUT2D eigenvalue weighted by Gasteiger charge is -2.39. The van der Waals surface area contributed by atoms with E-state index in [0.717, 1.165) is 32.6 Å². The summed E-state index contributed by atoms with van der Waals surface area (Å²) in [6.45, 7) is 8.09. The lowest BCUT2D eigenvalue weighted by Crippen LogP contribution is -2.52. The van der Waals surface area contributed by atoms with Gasteiger partial charge < -0.3 is 14.8 Å². The molecule has 4 heteroatoms. The van der Waals surface area contributed by atoms with E-state index in [1.165, 1.54) is 0 Å². The summed E-state index contributed by atoms with van der Waals surface area (Å²) in [6, 6.07) is 0.530. The third-order valence-corrected chi connectivity index (χ3v) is 3.43. The van der Waals surface area contributed by atoms with Crippen LogP contribution >= 0.6 is 0 Å². The second-order valence-electron chi connectivity index (χ2n) is 6.10. The minimum absolute atomic E-state index is 0.0165. The Hall–Kier alpha value is -0.610. The van der Waals surface area contributed by atoms with E-state index in [-0.39, 0.29) is 11.9 Å². The van der Waals surface area contributed by atoms with Crippen molar-refractivity contribution in [2.75, 3.05) is 19.8 Å². The van der Waals surface area contributed by atoms with E-state index in [4.69, 9.17) is 9.47 Å². The largest absolute Gasteiger partial charge is 0.460 e. The summed E-state index contributed by atoms with van der Waals surface area (Å²) in [7, 11) is 0. The molecule has 0 bridgehead atoms. The van der Waals surface area contributed by atoms with Crippen LogP contribution in [0.5, 0.6) is 0 Å². The molecule has 0 aliphatic carbocycles. The highest BCUT2D eigenvalue weighted by atomic mass is 16.6. The zero-order valence-electron chi connectivity index (χ0n) is 11.0. The van der Waals surface area contributed by atoms with Gasteiger partial charge in [0.1, 0.15) is 5.60 Å². The zero-order valence-corrected chi connectivity index (χ0v) is 11.0. The van der Waals surface area contributed by atoms with Crippen LogP contribution < -0.4 is 5.32 Å². The van der Waals surface area contributed by atoms with Gasteiger partial charge in [0.2, 0.25) is 0 Å². The van der Waals surface area contributed by atoms with Crippen molar-refractivity contribution < 1.29 is 14.3 Å². The summed E-state index contributed by atoms with van der Waals surface area (Å²) < 4.78 is 10.9. The van der Waals surface area contributed by atoms with Crippen LogP contribution in [0.15, 0.2) is 0 Å². The number of carbonyl (C=O) groups excluding carboxylic acids is 1. The van der Waals surface area contributed by atoms with Gasteiger partial charge in [0.05, 0.1) is 12.5 Å². The Kier molecular flexibility index (Phi) is 3.73. The fourth-order valence-corrected chi connectivity index (χ4v) is 2.60. The SMILES string of the molecule is CC(C)(C)OC(=O)[C@@H]1CN[C@H]2CCOC[C@@H]2C1. The van der Waals surface area contributed by atoms with Crippen LogP contribution in [0.2, 0.25) is 0 Å². The van der Waals surface area contributed by atoms with Crippen molar-refractivity contribution in [3.8, 4) is 0 Å². The Bertz CT molecular complexity index is 285. The van der Waals surface area contributed by atoms with Crippen LogP contribution in [0.3, 0.4) is 0 Å². The summed E-state index contributed by atoms with van der Waals surface area (Å²) in [6.07, 6.45) is 1.96. The minimum Gasteiger partial charge on any atom is -0.460 e. The second-order valence-corrected chi connectivity index (χ2v) is 6.10. The van der Waals surface area contributed by atoms with E-state index in [1.807, 2.05) is 20.8 Å². The molecule has 2 fully saturated rings. The van der Waals surface area contributed by atoms with E-state index in [9.17, 15) is 4.79 Å². The van der Waals surface area contributed by atoms with Gasteiger partial charge in [-0.15, -0.1) is 0 Å². The first-order valence-corrected chi connectivity index (χ1v) is 6.50. The van der Waals surface area contributed by atoms with Crippen LogP contribution in [-0.4, -0.2) is 37.4 Å². The first kappa shape index (κ1) is 12.8. The summed E-state index contributed by atoms with van der Waals surface area (Å²) >= 11 is 0. The third-order valence-electron chi connectivity index (χ3n) is 3.43. The maximum absolute atomic E-state index is 12.0. The Morgan fingerprint density at radius 3 is 2.88 bits per heavy atom. The molecule has 0 aromatic rings. The van der Waals surface area contributed by atoms with Gasteiger partial charge in [-0.1, -0.05) is 0 Å². The molecule has 2 aliphatic heterocycles. The lowest BCUT2D eigenvalue weighted by atomic mass is 9.82. The Morgan fingerprint density at radius 1 is 1.41 bits per heavy atom. The van der Waals surface area contributed by atoms with Crippen molar-refractivity contribution in [1.29, 1.82) is 0 Å². The van der Waals surface area contributed by atoms with Crippen LogP contribution in [0.4, 0.5) is 0 Å². The number of rotatable bonds is 1. The van der Waals surface area contributed by atoms with Crippen molar-refractivity contribution in [2.24, 2.45) is 11.8 Å². The number of carbonyl (C=O) groups is 1. The molecule has 3 atom stereocenters. The quantitative estimate of drug-likeness (QED) is 0.704. The molecule has 4 nitrogen and oxygen atoms in total. The van der Waals surface area contributed by atoms with Gasteiger partial charge in [0.25, 0.3) is 0 Å². The maximum Gasteiger partial charge on any atom is 0.310 e. The first-order valence-electron chi connectivity index (χ1n) is 6.50. The molecule has 98 valence electrons. The molecular weight excluding hydrogens is 218 g/mol. The van der Waals surface area contributed by atoms with Crippen molar-refractivity contribution in [1.82, 2.24) is 5.32 Å². The number of piperidine rings is 1. The van der Waals surface area contributed by atoms with Gasteiger partial charge in [0, 0.05) is 19.2 Å². The number of fused-ring (bicyclic) bond motifs is 1. The van der Waals surface area contributed by atoms with Gasteiger partial charge in [-0.2, -0.15) is 0 Å². The molecule has 2 aliphatic rings. The number of nitrogens with one attached hydrogen (secondary N) is 1. The topological polar surface area (TPSA) is 47.6 Å². The van der Waals surface area contributed by atoms with Crippen LogP contribution in [0.25, 0.3) is 0 Å². The minimum atomic E-state index is -0.392. The van der Waals surface area contributed by atoms with Crippen molar-refractivity contribution in [3.63, 3.8) is 0 Å². The fourth-order valence-electron chi connectivity index (χ4n) is 2.60. The summed E-state index contributed by atoms with van der Waals surface area (Å²) in [5.41, 5.74) is -0.392. The van der Waals surface area contributed by atoms with E-state index < -0.39 is 5.60 Å². The third kappa shape index (κ3) is 3.42. The molecule has 0 amide bonds. The van der Waals surface area contributed by atoms with Gasteiger partial charge in [0.15, 0.2) is 0 Å². The smallest absolute Gasteiger partial charge is 0.310 e. The second kappa shape index (κ2) is 4.94.